The van der Waals surface area contributed by atoms with Crippen LogP contribution >= 0.6 is 15.9 Å². The summed E-state index contributed by atoms with van der Waals surface area (Å²) >= 11 is 3.33. The second-order valence-electron chi connectivity index (χ2n) is 5.99. The maximum Gasteiger partial charge on any atom is 0.271 e. The summed E-state index contributed by atoms with van der Waals surface area (Å²) in [6.07, 6.45) is 1.96. The van der Waals surface area contributed by atoms with Crippen LogP contribution in [-0.2, 0) is 4.79 Å². The lowest BCUT2D eigenvalue weighted by molar-refractivity contribution is -0.117. The molecule has 3 rings (SSSR count). The SMILES string of the molecule is C/C(=N/NC(=O)c1ccc(Br)cc1)c1ccc(NC(=O)C2CC2)cc1. The lowest BCUT2D eigenvalue weighted by Gasteiger charge is -2.06. The Morgan fingerprint density at radius 3 is 2.20 bits per heavy atom. The number of rotatable bonds is 5. The standard InChI is InChI=1S/C19H18BrN3O2/c1-12(22-23-19(25)15-4-8-16(20)9-5-15)13-6-10-17(11-7-13)21-18(24)14-2-3-14/h4-11,14H,2-3H2,1H3,(H,21,24)(H,23,25)/b22-12-. The van der Waals surface area contributed by atoms with Gasteiger partial charge in [0.15, 0.2) is 0 Å². The lowest BCUT2D eigenvalue weighted by Crippen LogP contribution is -2.19. The fraction of sp³-hybridized carbons (Fsp3) is 0.211. The number of amides is 2. The smallest absolute Gasteiger partial charge is 0.271 e. The minimum absolute atomic E-state index is 0.0832. The van der Waals surface area contributed by atoms with Crippen molar-refractivity contribution in [2.75, 3.05) is 5.32 Å². The van der Waals surface area contributed by atoms with E-state index in [1.807, 2.05) is 31.2 Å². The summed E-state index contributed by atoms with van der Waals surface area (Å²) in [5.74, 6) is -0.00290. The zero-order valence-electron chi connectivity index (χ0n) is 13.8. The number of halogens is 1. The molecule has 1 saturated carbocycles. The molecule has 2 aromatic carbocycles. The first kappa shape index (κ1) is 17.4. The van der Waals surface area contributed by atoms with Crippen LogP contribution in [0.3, 0.4) is 0 Å². The molecule has 2 amide bonds. The van der Waals surface area contributed by atoms with Gasteiger partial charge in [0.25, 0.3) is 5.91 Å². The highest BCUT2D eigenvalue weighted by Crippen LogP contribution is 2.30. The molecule has 0 aromatic heterocycles. The number of carbonyl (C=O) groups is 2. The van der Waals surface area contributed by atoms with Crippen LogP contribution in [0.15, 0.2) is 58.1 Å². The summed E-state index contributed by atoms with van der Waals surface area (Å²) in [5.41, 5.74) is 5.42. The largest absolute Gasteiger partial charge is 0.326 e. The fourth-order valence-electron chi connectivity index (χ4n) is 2.25. The van der Waals surface area contributed by atoms with Crippen molar-refractivity contribution in [1.82, 2.24) is 5.43 Å². The molecule has 0 heterocycles. The Balaban J connectivity index is 1.60. The number of anilines is 1. The van der Waals surface area contributed by atoms with E-state index in [2.05, 4.69) is 31.8 Å². The van der Waals surface area contributed by atoms with Gasteiger partial charge in [-0.1, -0.05) is 28.1 Å². The number of hydrogen-bond acceptors (Lipinski definition) is 3. The fourth-order valence-corrected chi connectivity index (χ4v) is 2.51. The monoisotopic (exact) mass is 399 g/mol. The molecule has 1 fully saturated rings. The Hall–Kier alpha value is -2.47. The molecule has 25 heavy (non-hydrogen) atoms. The molecule has 5 nitrogen and oxygen atoms in total. The molecule has 0 atom stereocenters. The summed E-state index contributed by atoms with van der Waals surface area (Å²) < 4.78 is 0.914. The summed E-state index contributed by atoms with van der Waals surface area (Å²) in [7, 11) is 0. The van der Waals surface area contributed by atoms with E-state index in [4.69, 9.17) is 0 Å². The van der Waals surface area contributed by atoms with Crippen molar-refractivity contribution >= 4 is 39.1 Å². The molecular weight excluding hydrogens is 382 g/mol. The second kappa shape index (κ2) is 7.61. The van der Waals surface area contributed by atoms with Crippen molar-refractivity contribution in [3.8, 4) is 0 Å². The summed E-state index contributed by atoms with van der Waals surface area (Å²) in [5, 5.41) is 7.03. The van der Waals surface area contributed by atoms with E-state index in [9.17, 15) is 9.59 Å². The molecule has 0 unspecified atom stereocenters. The van der Waals surface area contributed by atoms with E-state index in [0.717, 1.165) is 28.6 Å². The molecule has 1 aliphatic carbocycles. The Morgan fingerprint density at radius 2 is 1.60 bits per heavy atom. The van der Waals surface area contributed by atoms with Crippen molar-refractivity contribution in [3.63, 3.8) is 0 Å². The minimum atomic E-state index is -0.264. The van der Waals surface area contributed by atoms with Crippen molar-refractivity contribution < 1.29 is 9.59 Å². The van der Waals surface area contributed by atoms with Crippen LogP contribution in [0.25, 0.3) is 0 Å². The van der Waals surface area contributed by atoms with E-state index in [1.54, 1.807) is 24.3 Å². The Kier molecular flexibility index (Phi) is 5.28. The van der Waals surface area contributed by atoms with Crippen molar-refractivity contribution in [2.45, 2.75) is 19.8 Å². The van der Waals surface area contributed by atoms with Gasteiger partial charge >= 0.3 is 0 Å². The Bertz CT molecular complexity index is 810. The normalized spacial score (nSPS) is 14.1. The van der Waals surface area contributed by atoms with E-state index in [0.29, 0.717) is 11.3 Å². The predicted octanol–water partition coefficient (Wildman–Crippen LogP) is 3.95. The van der Waals surface area contributed by atoms with Gasteiger partial charge in [-0.25, -0.2) is 5.43 Å². The number of nitrogens with zero attached hydrogens (tertiary/aromatic N) is 1. The predicted molar refractivity (Wildman–Crippen MR) is 102 cm³/mol. The Morgan fingerprint density at radius 1 is 1.00 bits per heavy atom. The lowest BCUT2D eigenvalue weighted by atomic mass is 10.1. The van der Waals surface area contributed by atoms with Gasteiger partial charge in [0, 0.05) is 21.6 Å². The molecular formula is C19H18BrN3O2. The molecule has 0 aliphatic heterocycles. The highest BCUT2D eigenvalue weighted by atomic mass is 79.9. The third kappa shape index (κ3) is 4.76. The summed E-state index contributed by atoms with van der Waals surface area (Å²) in [6.45, 7) is 1.82. The first-order chi connectivity index (χ1) is 12.0. The van der Waals surface area contributed by atoms with Crippen LogP contribution in [0.5, 0.6) is 0 Å². The molecule has 0 bridgehead atoms. The quantitative estimate of drug-likeness (QED) is 0.590. The van der Waals surface area contributed by atoms with Gasteiger partial charge < -0.3 is 5.32 Å². The van der Waals surface area contributed by atoms with E-state index in [1.165, 1.54) is 0 Å². The zero-order chi connectivity index (χ0) is 17.8. The molecule has 1 aliphatic rings. The zero-order valence-corrected chi connectivity index (χ0v) is 15.3. The molecule has 0 spiro atoms. The van der Waals surface area contributed by atoms with E-state index in [-0.39, 0.29) is 17.7 Å². The molecule has 0 radical (unpaired) electrons. The number of hydrogen-bond donors (Lipinski definition) is 2. The average Bonchev–Trinajstić information content (AvgIpc) is 3.46. The molecule has 2 aromatic rings. The van der Waals surface area contributed by atoms with Gasteiger partial charge in [-0.3, -0.25) is 9.59 Å². The average molecular weight is 400 g/mol. The maximum atomic E-state index is 12.1. The van der Waals surface area contributed by atoms with Crippen molar-refractivity contribution in [1.29, 1.82) is 0 Å². The third-order valence-electron chi connectivity index (χ3n) is 3.95. The summed E-state index contributed by atoms with van der Waals surface area (Å²) in [6, 6.07) is 14.5. The van der Waals surface area contributed by atoms with Gasteiger partial charge in [-0.2, -0.15) is 5.10 Å². The van der Waals surface area contributed by atoms with E-state index >= 15 is 0 Å². The van der Waals surface area contributed by atoms with Crippen LogP contribution in [0.1, 0.15) is 35.7 Å². The molecule has 0 saturated heterocycles. The second-order valence-corrected chi connectivity index (χ2v) is 6.90. The van der Waals surface area contributed by atoms with Gasteiger partial charge in [0.1, 0.15) is 0 Å². The number of benzene rings is 2. The highest BCUT2D eigenvalue weighted by Gasteiger charge is 2.29. The number of hydrazone groups is 1. The Labute approximate surface area is 154 Å². The molecule has 128 valence electrons. The van der Waals surface area contributed by atoms with Gasteiger partial charge in [-0.15, -0.1) is 0 Å². The van der Waals surface area contributed by atoms with Crippen LogP contribution in [-0.4, -0.2) is 17.5 Å². The van der Waals surface area contributed by atoms with Crippen molar-refractivity contribution in [3.05, 3.63) is 64.1 Å². The van der Waals surface area contributed by atoms with E-state index < -0.39 is 0 Å². The summed E-state index contributed by atoms with van der Waals surface area (Å²) in [4.78, 5) is 23.8. The van der Waals surface area contributed by atoms with Crippen LogP contribution in [0, 0.1) is 5.92 Å². The maximum absolute atomic E-state index is 12.1. The van der Waals surface area contributed by atoms with Gasteiger partial charge in [-0.05, 0) is 61.7 Å². The van der Waals surface area contributed by atoms with Crippen LogP contribution in [0.4, 0.5) is 5.69 Å². The minimum Gasteiger partial charge on any atom is -0.326 e. The van der Waals surface area contributed by atoms with Crippen LogP contribution in [0.2, 0.25) is 0 Å². The molecule has 2 N–H and O–H groups in total. The number of nitrogens with one attached hydrogen (secondary N) is 2. The van der Waals surface area contributed by atoms with Crippen molar-refractivity contribution in [2.24, 2.45) is 11.0 Å². The number of carbonyl (C=O) groups excluding carboxylic acids is 2. The highest BCUT2D eigenvalue weighted by molar-refractivity contribution is 9.10. The third-order valence-corrected chi connectivity index (χ3v) is 4.48. The first-order valence-electron chi connectivity index (χ1n) is 8.04. The topological polar surface area (TPSA) is 70.6 Å². The molecule has 6 heteroatoms. The van der Waals surface area contributed by atoms with Gasteiger partial charge in [0.05, 0.1) is 5.71 Å². The first-order valence-corrected chi connectivity index (χ1v) is 8.84. The van der Waals surface area contributed by atoms with Gasteiger partial charge in [0.2, 0.25) is 5.91 Å². The van der Waals surface area contributed by atoms with Crippen LogP contribution < -0.4 is 10.7 Å².